The molecule has 1 atom stereocenters. The summed E-state index contributed by atoms with van der Waals surface area (Å²) >= 11 is 7.53. The maximum absolute atomic E-state index is 12.6. The number of hydrogen-bond acceptors (Lipinski definition) is 2. The Hall–Kier alpha value is -1.45. The molecular weight excluding hydrogens is 338 g/mol. The standard InChI is InChI=1S/C20H24ClNOS/c1-13(2)18-7-5-6-14(3)19(18)22-20(23)15(4)24-12-16-8-10-17(21)11-9-16/h5-11,13,15H,12H2,1-4H3,(H,22,23)/t15-/m0/s1. The van der Waals surface area contributed by atoms with Crippen LogP contribution in [0, 0.1) is 6.92 Å². The van der Waals surface area contributed by atoms with Crippen molar-refractivity contribution in [3.8, 4) is 0 Å². The topological polar surface area (TPSA) is 29.1 Å². The summed E-state index contributed by atoms with van der Waals surface area (Å²) < 4.78 is 0. The number of nitrogens with one attached hydrogen (secondary N) is 1. The normalized spacial score (nSPS) is 12.2. The van der Waals surface area contributed by atoms with E-state index < -0.39 is 0 Å². The summed E-state index contributed by atoms with van der Waals surface area (Å²) in [6, 6.07) is 13.9. The molecule has 128 valence electrons. The van der Waals surface area contributed by atoms with Crippen LogP contribution in [0.4, 0.5) is 5.69 Å². The Bertz CT molecular complexity index is 697. The highest BCUT2D eigenvalue weighted by atomic mass is 35.5. The third-order valence-corrected chi connectivity index (χ3v) is 5.42. The van der Waals surface area contributed by atoms with Gasteiger partial charge in [-0.3, -0.25) is 4.79 Å². The van der Waals surface area contributed by atoms with Crippen molar-refractivity contribution in [3.05, 3.63) is 64.2 Å². The molecule has 0 aromatic heterocycles. The van der Waals surface area contributed by atoms with Gasteiger partial charge < -0.3 is 5.32 Å². The number of thioether (sulfide) groups is 1. The Balaban J connectivity index is 2.00. The number of hydrogen-bond donors (Lipinski definition) is 1. The molecular formula is C20H24ClNOS. The van der Waals surface area contributed by atoms with Crippen LogP contribution in [0.1, 0.15) is 43.4 Å². The minimum atomic E-state index is -0.125. The number of benzene rings is 2. The van der Waals surface area contributed by atoms with E-state index in [1.807, 2.05) is 50.2 Å². The van der Waals surface area contributed by atoms with Crippen LogP contribution in [0.3, 0.4) is 0 Å². The molecule has 2 aromatic rings. The van der Waals surface area contributed by atoms with Gasteiger partial charge in [0.15, 0.2) is 0 Å². The van der Waals surface area contributed by atoms with Gasteiger partial charge >= 0.3 is 0 Å². The summed E-state index contributed by atoms with van der Waals surface area (Å²) in [4.78, 5) is 12.6. The molecule has 0 bridgehead atoms. The second kappa shape index (κ2) is 8.59. The molecule has 0 aliphatic heterocycles. The highest BCUT2D eigenvalue weighted by molar-refractivity contribution is 7.99. The Morgan fingerprint density at radius 3 is 2.42 bits per heavy atom. The third-order valence-electron chi connectivity index (χ3n) is 3.96. The number of anilines is 1. The summed E-state index contributed by atoms with van der Waals surface area (Å²) in [6.07, 6.45) is 0. The predicted molar refractivity (Wildman–Crippen MR) is 106 cm³/mol. The molecule has 0 spiro atoms. The Kier molecular flexibility index (Phi) is 6.76. The van der Waals surface area contributed by atoms with Crippen molar-refractivity contribution in [2.45, 2.75) is 44.6 Å². The molecule has 0 aliphatic rings. The minimum absolute atomic E-state index is 0.0464. The van der Waals surface area contributed by atoms with E-state index in [0.717, 1.165) is 22.0 Å². The minimum Gasteiger partial charge on any atom is -0.325 e. The van der Waals surface area contributed by atoms with Gasteiger partial charge in [0, 0.05) is 16.5 Å². The molecule has 0 aliphatic carbocycles. The Morgan fingerprint density at radius 1 is 1.12 bits per heavy atom. The molecule has 0 radical (unpaired) electrons. The van der Waals surface area contributed by atoms with E-state index in [0.29, 0.717) is 5.92 Å². The average molecular weight is 362 g/mol. The first-order chi connectivity index (χ1) is 11.4. The van der Waals surface area contributed by atoms with Crippen LogP contribution in [0.15, 0.2) is 42.5 Å². The van der Waals surface area contributed by atoms with E-state index in [1.165, 1.54) is 11.1 Å². The molecule has 1 amide bonds. The van der Waals surface area contributed by atoms with Crippen LogP contribution in [0.25, 0.3) is 0 Å². The lowest BCUT2D eigenvalue weighted by atomic mass is 9.98. The molecule has 4 heteroatoms. The number of rotatable bonds is 6. The number of para-hydroxylation sites is 1. The fraction of sp³-hybridized carbons (Fsp3) is 0.350. The van der Waals surface area contributed by atoms with Crippen molar-refractivity contribution >= 4 is 35.0 Å². The fourth-order valence-corrected chi connectivity index (χ4v) is 3.42. The molecule has 2 rings (SSSR count). The van der Waals surface area contributed by atoms with Crippen molar-refractivity contribution in [2.75, 3.05) is 5.32 Å². The average Bonchev–Trinajstić information content (AvgIpc) is 2.55. The van der Waals surface area contributed by atoms with Gasteiger partial charge in [0.25, 0.3) is 0 Å². The lowest BCUT2D eigenvalue weighted by molar-refractivity contribution is -0.115. The first-order valence-electron chi connectivity index (χ1n) is 8.15. The largest absolute Gasteiger partial charge is 0.325 e. The van der Waals surface area contributed by atoms with Crippen molar-refractivity contribution in [3.63, 3.8) is 0 Å². The van der Waals surface area contributed by atoms with Crippen LogP contribution >= 0.6 is 23.4 Å². The fourth-order valence-electron chi connectivity index (χ4n) is 2.44. The van der Waals surface area contributed by atoms with E-state index in [-0.39, 0.29) is 11.2 Å². The van der Waals surface area contributed by atoms with Crippen LogP contribution in [-0.4, -0.2) is 11.2 Å². The lowest BCUT2D eigenvalue weighted by Crippen LogP contribution is -2.24. The van der Waals surface area contributed by atoms with Gasteiger partial charge in [-0.15, -0.1) is 11.8 Å². The van der Waals surface area contributed by atoms with Gasteiger partial charge in [0.05, 0.1) is 5.25 Å². The van der Waals surface area contributed by atoms with Gasteiger partial charge in [-0.25, -0.2) is 0 Å². The molecule has 0 saturated carbocycles. The van der Waals surface area contributed by atoms with Gasteiger partial charge in [0.1, 0.15) is 0 Å². The van der Waals surface area contributed by atoms with Gasteiger partial charge in [-0.1, -0.05) is 55.8 Å². The van der Waals surface area contributed by atoms with Crippen molar-refractivity contribution in [2.24, 2.45) is 0 Å². The molecule has 1 N–H and O–H groups in total. The highest BCUT2D eigenvalue weighted by Crippen LogP contribution is 2.28. The Morgan fingerprint density at radius 2 is 1.79 bits per heavy atom. The second-order valence-electron chi connectivity index (χ2n) is 6.26. The summed E-state index contributed by atoms with van der Waals surface area (Å²) in [6.45, 7) is 8.27. The summed E-state index contributed by atoms with van der Waals surface area (Å²) in [5.74, 6) is 1.21. The molecule has 24 heavy (non-hydrogen) atoms. The predicted octanol–water partition coefficient (Wildman–Crippen LogP) is 6.03. The zero-order valence-electron chi connectivity index (χ0n) is 14.6. The van der Waals surface area contributed by atoms with Crippen LogP contribution < -0.4 is 5.32 Å². The first-order valence-corrected chi connectivity index (χ1v) is 9.57. The maximum Gasteiger partial charge on any atom is 0.237 e. The maximum atomic E-state index is 12.6. The lowest BCUT2D eigenvalue weighted by Gasteiger charge is -2.18. The van der Waals surface area contributed by atoms with E-state index in [9.17, 15) is 4.79 Å². The first kappa shape index (κ1) is 18.9. The quantitative estimate of drug-likeness (QED) is 0.680. The molecule has 2 aromatic carbocycles. The van der Waals surface area contributed by atoms with Crippen molar-refractivity contribution < 1.29 is 4.79 Å². The molecule has 0 fully saturated rings. The zero-order valence-corrected chi connectivity index (χ0v) is 16.2. The molecule has 2 nitrogen and oxygen atoms in total. The second-order valence-corrected chi connectivity index (χ2v) is 8.03. The number of carbonyl (C=O) groups excluding carboxylic acids is 1. The monoisotopic (exact) mass is 361 g/mol. The molecule has 0 heterocycles. The van der Waals surface area contributed by atoms with Crippen molar-refractivity contribution in [1.82, 2.24) is 0 Å². The SMILES string of the molecule is Cc1cccc(C(C)C)c1NC(=O)[C@H](C)SCc1ccc(Cl)cc1. The smallest absolute Gasteiger partial charge is 0.237 e. The van der Waals surface area contributed by atoms with Gasteiger partial charge in [-0.05, 0) is 48.6 Å². The van der Waals surface area contributed by atoms with E-state index in [2.05, 4.69) is 25.2 Å². The highest BCUT2D eigenvalue weighted by Gasteiger charge is 2.17. The van der Waals surface area contributed by atoms with Gasteiger partial charge in [0.2, 0.25) is 5.91 Å². The summed E-state index contributed by atoms with van der Waals surface area (Å²) in [7, 11) is 0. The van der Waals surface area contributed by atoms with E-state index in [4.69, 9.17) is 11.6 Å². The summed E-state index contributed by atoms with van der Waals surface area (Å²) in [5, 5.41) is 3.73. The molecule has 0 saturated heterocycles. The molecule has 0 unspecified atom stereocenters. The third kappa shape index (κ3) is 5.02. The number of amides is 1. The number of carbonyl (C=O) groups is 1. The van der Waals surface area contributed by atoms with Crippen LogP contribution in [0.5, 0.6) is 0 Å². The van der Waals surface area contributed by atoms with Crippen LogP contribution in [0.2, 0.25) is 5.02 Å². The summed E-state index contributed by atoms with van der Waals surface area (Å²) in [5.41, 5.74) is 4.40. The zero-order chi connectivity index (χ0) is 17.7. The Labute approximate surface area is 154 Å². The van der Waals surface area contributed by atoms with Crippen molar-refractivity contribution in [1.29, 1.82) is 0 Å². The van der Waals surface area contributed by atoms with Crippen LogP contribution in [-0.2, 0) is 10.5 Å². The number of halogens is 1. The van der Waals surface area contributed by atoms with E-state index in [1.54, 1.807) is 11.8 Å². The van der Waals surface area contributed by atoms with E-state index >= 15 is 0 Å². The number of aryl methyl sites for hydroxylation is 1. The van der Waals surface area contributed by atoms with Gasteiger partial charge in [-0.2, -0.15) is 0 Å².